The van der Waals surface area contributed by atoms with E-state index in [1.54, 1.807) is 65.0 Å². The highest BCUT2D eigenvalue weighted by atomic mass is 16.7. The molecule has 12 nitrogen and oxygen atoms in total. The summed E-state index contributed by atoms with van der Waals surface area (Å²) in [5, 5.41) is 26.9. The number of aliphatic hydroxyl groups excluding tert-OH is 1. The summed E-state index contributed by atoms with van der Waals surface area (Å²) in [6.07, 6.45) is -3.59. The lowest BCUT2D eigenvalue weighted by molar-refractivity contribution is -0.373. The van der Waals surface area contributed by atoms with Crippen LogP contribution in [-0.4, -0.2) is 95.0 Å². The van der Waals surface area contributed by atoms with E-state index in [0.29, 0.717) is 24.2 Å². The third kappa shape index (κ3) is 7.01. The van der Waals surface area contributed by atoms with Crippen LogP contribution >= 0.6 is 0 Å². The zero-order chi connectivity index (χ0) is 41.3. The van der Waals surface area contributed by atoms with Gasteiger partial charge in [-0.15, -0.1) is 0 Å². The van der Waals surface area contributed by atoms with Crippen molar-refractivity contribution in [1.82, 2.24) is 5.32 Å². The van der Waals surface area contributed by atoms with Crippen molar-refractivity contribution < 1.29 is 53.0 Å². The lowest BCUT2D eigenvalue weighted by Crippen LogP contribution is -2.75. The molecule has 0 spiro atoms. The SMILES string of the molecule is C=CC1O[C@H]2C[C@H]3OC[C@@]3(C)[C@H]3[C@H](OC(=O)c4ccccc4)[C@]4(C(C)(C)O)C[C@H](OC(=O)[C@H](O)[C@H](CC(C)C)NC(=O)OC(C)(C)C)C(C)=C4[C@H](C)[C@H](O1)[C@]23C. The molecule has 5 aliphatic rings. The van der Waals surface area contributed by atoms with Crippen LogP contribution in [0.5, 0.6) is 0 Å². The number of benzene rings is 1. The minimum atomic E-state index is -1.73. The molecule has 13 atom stereocenters. The van der Waals surface area contributed by atoms with Gasteiger partial charge in [0.25, 0.3) is 0 Å². The Labute approximate surface area is 331 Å². The second-order valence-electron chi connectivity index (χ2n) is 19.2. The van der Waals surface area contributed by atoms with Crippen molar-refractivity contribution in [3.8, 4) is 0 Å². The van der Waals surface area contributed by atoms with Gasteiger partial charge >= 0.3 is 18.0 Å². The second-order valence-corrected chi connectivity index (χ2v) is 19.2. The fourth-order valence-electron chi connectivity index (χ4n) is 11.1. The average molecular weight is 782 g/mol. The Morgan fingerprint density at radius 3 is 2.27 bits per heavy atom. The second kappa shape index (κ2) is 14.8. The monoisotopic (exact) mass is 781 g/mol. The molecular weight excluding hydrogens is 718 g/mol. The highest BCUT2D eigenvalue weighted by Crippen LogP contribution is 2.71. The minimum Gasteiger partial charge on any atom is -0.457 e. The van der Waals surface area contributed by atoms with Crippen molar-refractivity contribution >= 4 is 18.0 Å². The topological polar surface area (TPSA) is 159 Å². The molecule has 2 saturated heterocycles. The highest BCUT2D eigenvalue weighted by molar-refractivity contribution is 5.89. The summed E-state index contributed by atoms with van der Waals surface area (Å²) in [6.45, 7) is 25.1. The van der Waals surface area contributed by atoms with Gasteiger partial charge < -0.3 is 44.0 Å². The van der Waals surface area contributed by atoms with Gasteiger partial charge in [0.2, 0.25) is 0 Å². The largest absolute Gasteiger partial charge is 0.457 e. The van der Waals surface area contributed by atoms with E-state index < -0.39 is 88.1 Å². The van der Waals surface area contributed by atoms with E-state index in [0.717, 1.165) is 5.57 Å². The summed E-state index contributed by atoms with van der Waals surface area (Å²) in [5.41, 5.74) is -3.09. The van der Waals surface area contributed by atoms with Gasteiger partial charge in [-0.05, 0) is 83.2 Å². The number of ether oxygens (including phenoxy) is 6. The molecule has 1 unspecified atom stereocenters. The molecule has 1 amide bonds. The fraction of sp³-hybridized carbons (Fsp3) is 0.705. The number of fused-ring (bicyclic) bond motifs is 3. The Morgan fingerprint density at radius 1 is 1.05 bits per heavy atom. The van der Waals surface area contributed by atoms with Crippen molar-refractivity contribution in [2.75, 3.05) is 6.61 Å². The first kappa shape index (κ1) is 42.3. The van der Waals surface area contributed by atoms with Crippen molar-refractivity contribution in [2.24, 2.45) is 34.0 Å². The van der Waals surface area contributed by atoms with Crippen LogP contribution in [0.4, 0.5) is 4.79 Å². The molecule has 3 N–H and O–H groups in total. The molecule has 0 radical (unpaired) electrons. The Balaban J connectivity index is 1.48. The third-order valence-electron chi connectivity index (χ3n) is 13.5. The van der Waals surface area contributed by atoms with Crippen LogP contribution < -0.4 is 5.32 Å². The molecule has 4 fully saturated rings. The standard InChI is InChI=1S/C44H63NO11/c1-13-31-53-30-20-29-42(11,22-51-29)34-36(55-37(47)26-17-15-14-16-18-26)44(41(9,10)50)21-28(24(4)32(44)25(5)35(54-31)43(30,34)12)52-38(48)33(46)27(19-23(2)3)45-39(49)56-40(6,7)8/h13-18,23,25,27-31,33-36,46,50H,1,19-22H2,2-12H3,(H,45,49)/t25-,27-,28-,29+,30-,31?,33+,34+,35-,36-,42+,43+,44-/m0/s1. The molecular formula is C44H63NO11. The van der Waals surface area contributed by atoms with E-state index >= 15 is 0 Å². The first-order valence-corrected chi connectivity index (χ1v) is 20.1. The van der Waals surface area contributed by atoms with Crippen molar-refractivity contribution in [3.05, 3.63) is 59.7 Å². The van der Waals surface area contributed by atoms with Crippen LogP contribution in [0.2, 0.25) is 0 Å². The Bertz CT molecular complexity index is 1710. The predicted octanol–water partition coefficient (Wildman–Crippen LogP) is 6.28. The number of hydrogen-bond acceptors (Lipinski definition) is 11. The summed E-state index contributed by atoms with van der Waals surface area (Å²) in [7, 11) is 0. The Morgan fingerprint density at radius 2 is 1.71 bits per heavy atom. The van der Waals surface area contributed by atoms with Crippen LogP contribution in [0, 0.1) is 34.0 Å². The normalized spacial score (nSPS) is 37.5. The molecule has 310 valence electrons. The number of esters is 2. The van der Waals surface area contributed by atoms with Crippen LogP contribution in [0.25, 0.3) is 0 Å². The quantitative estimate of drug-likeness (QED) is 0.139. The van der Waals surface area contributed by atoms with Gasteiger partial charge in [0, 0.05) is 35.5 Å². The van der Waals surface area contributed by atoms with Gasteiger partial charge in [-0.3, -0.25) is 0 Å². The first-order chi connectivity index (χ1) is 26.0. The molecule has 2 aliphatic heterocycles. The molecule has 0 aromatic heterocycles. The smallest absolute Gasteiger partial charge is 0.407 e. The van der Waals surface area contributed by atoms with E-state index in [1.807, 2.05) is 26.8 Å². The van der Waals surface area contributed by atoms with E-state index in [-0.39, 0.29) is 36.9 Å². The van der Waals surface area contributed by atoms with Gasteiger partial charge in [-0.1, -0.05) is 59.4 Å². The predicted molar refractivity (Wildman–Crippen MR) is 207 cm³/mol. The maximum absolute atomic E-state index is 14.4. The van der Waals surface area contributed by atoms with E-state index in [9.17, 15) is 24.6 Å². The summed E-state index contributed by atoms with van der Waals surface area (Å²) >= 11 is 0. The molecule has 0 bridgehead atoms. The zero-order valence-electron chi connectivity index (χ0n) is 34.9. The van der Waals surface area contributed by atoms with Crippen LogP contribution in [0.3, 0.4) is 0 Å². The molecule has 1 aromatic rings. The Hall–Kier alpha value is -3.29. The number of hydrogen-bond donors (Lipinski definition) is 3. The van der Waals surface area contributed by atoms with E-state index in [1.165, 1.54) is 0 Å². The minimum absolute atomic E-state index is 0.00637. The number of aliphatic hydroxyl groups is 2. The van der Waals surface area contributed by atoms with Gasteiger partial charge in [0.05, 0.1) is 47.5 Å². The van der Waals surface area contributed by atoms with Crippen LogP contribution in [0.1, 0.15) is 106 Å². The van der Waals surface area contributed by atoms with Gasteiger partial charge in [0.15, 0.2) is 12.4 Å². The summed E-state index contributed by atoms with van der Waals surface area (Å²) in [5.74, 6) is -2.31. The molecule has 56 heavy (non-hydrogen) atoms. The van der Waals surface area contributed by atoms with E-state index in [4.69, 9.17) is 28.4 Å². The van der Waals surface area contributed by atoms with Crippen molar-refractivity contribution in [3.63, 3.8) is 0 Å². The molecule has 1 aromatic carbocycles. The third-order valence-corrected chi connectivity index (χ3v) is 13.5. The molecule has 6 rings (SSSR count). The summed E-state index contributed by atoms with van der Waals surface area (Å²) in [6, 6.07) is 7.78. The first-order valence-electron chi connectivity index (χ1n) is 20.1. The molecule has 3 aliphatic carbocycles. The van der Waals surface area contributed by atoms with Gasteiger partial charge in [0.1, 0.15) is 17.8 Å². The van der Waals surface area contributed by atoms with Crippen molar-refractivity contribution in [2.45, 2.75) is 156 Å². The maximum Gasteiger partial charge on any atom is 0.407 e. The van der Waals surface area contributed by atoms with Crippen LogP contribution in [0.15, 0.2) is 54.1 Å². The highest BCUT2D eigenvalue weighted by Gasteiger charge is 2.77. The number of amides is 1. The number of carbonyl (C=O) groups excluding carboxylic acids is 3. The summed E-state index contributed by atoms with van der Waals surface area (Å²) in [4.78, 5) is 41.3. The average Bonchev–Trinajstić information content (AvgIpc) is 3.36. The number of carbonyl (C=O) groups is 3. The van der Waals surface area contributed by atoms with Gasteiger partial charge in [-0.2, -0.15) is 0 Å². The van der Waals surface area contributed by atoms with Gasteiger partial charge in [-0.25, -0.2) is 14.4 Å². The molecule has 2 heterocycles. The number of alkyl carbamates (subject to hydrolysis) is 1. The zero-order valence-corrected chi connectivity index (χ0v) is 34.9. The Kier molecular flexibility index (Phi) is 11.2. The molecule has 12 heteroatoms. The van der Waals surface area contributed by atoms with E-state index in [2.05, 4.69) is 32.7 Å². The summed E-state index contributed by atoms with van der Waals surface area (Å²) < 4.78 is 38.3. The number of rotatable bonds is 10. The van der Waals surface area contributed by atoms with Crippen LogP contribution in [-0.2, 0) is 33.2 Å². The lowest BCUT2D eigenvalue weighted by Gasteiger charge is -2.68. The molecule has 2 saturated carbocycles. The fourth-order valence-corrected chi connectivity index (χ4v) is 11.1. The lowest BCUT2D eigenvalue weighted by atomic mass is 9.46. The van der Waals surface area contributed by atoms with Crippen molar-refractivity contribution in [1.29, 1.82) is 0 Å². The number of nitrogens with one attached hydrogen (secondary N) is 1. The maximum atomic E-state index is 14.4.